The van der Waals surface area contributed by atoms with Gasteiger partial charge in [0.25, 0.3) is 0 Å². The van der Waals surface area contributed by atoms with E-state index in [0.29, 0.717) is 0 Å². The third-order valence-electron chi connectivity index (χ3n) is 4.99. The normalized spacial score (nSPS) is 11.2. The molecule has 0 saturated heterocycles. The summed E-state index contributed by atoms with van der Waals surface area (Å²) in [5.74, 6) is 0. The number of hydrogen-bond donors (Lipinski definition) is 0. The van der Waals surface area contributed by atoms with Crippen LogP contribution in [0.15, 0.2) is 54.6 Å². The van der Waals surface area contributed by atoms with Crippen LogP contribution < -0.4 is 13.2 Å². The maximum absolute atomic E-state index is 2.44. The number of hydrogen-bond acceptors (Lipinski definition) is 0. The second-order valence-electron chi connectivity index (χ2n) is 7.33. The van der Waals surface area contributed by atoms with Crippen molar-refractivity contribution in [2.24, 2.45) is 0 Å². The molecule has 1 radical (unpaired) electrons. The molecule has 0 N–H and O–H groups in total. The summed E-state index contributed by atoms with van der Waals surface area (Å²) in [4.78, 5) is 0. The van der Waals surface area contributed by atoms with Gasteiger partial charge in [0.05, 0.1) is 0 Å². The summed E-state index contributed by atoms with van der Waals surface area (Å²) in [6.07, 6.45) is 0. The molecule has 0 nitrogen and oxygen atoms in total. The van der Waals surface area contributed by atoms with E-state index in [0.717, 1.165) is 0 Å². The quantitative estimate of drug-likeness (QED) is 0.594. The molecule has 0 unspecified atom stereocenters. The van der Waals surface area contributed by atoms with E-state index < -0.39 is 14.3 Å². The first kappa shape index (κ1) is 18.0. The molecule has 0 bridgehead atoms. The van der Waals surface area contributed by atoms with E-state index in [4.69, 9.17) is 0 Å². The molecule has 0 fully saturated rings. The molecule has 0 amide bonds. The Bertz CT molecular complexity index is 799. The van der Waals surface area contributed by atoms with Crippen molar-refractivity contribution in [1.29, 1.82) is 0 Å². The van der Waals surface area contributed by atoms with Crippen molar-refractivity contribution in [3.05, 3.63) is 88.0 Å². The zero-order chi connectivity index (χ0) is 18.1. The molecule has 3 rings (SSSR count). The average molecular weight is 388 g/mol. The van der Waals surface area contributed by atoms with Crippen molar-refractivity contribution in [3.8, 4) is 0 Å². The molecule has 0 aliphatic rings. The molecule has 3 aromatic carbocycles. The summed E-state index contributed by atoms with van der Waals surface area (Å²) in [5.41, 5.74) is 8.39. The van der Waals surface area contributed by atoms with Crippen molar-refractivity contribution in [3.63, 3.8) is 0 Å². The maximum atomic E-state index is 2.44. The second-order valence-corrected chi connectivity index (χ2v) is 12.3. The molecule has 0 heterocycles. The molecule has 0 aromatic heterocycles. The van der Waals surface area contributed by atoms with Crippen LogP contribution in [0.5, 0.6) is 0 Å². The van der Waals surface area contributed by atoms with E-state index in [-0.39, 0.29) is 0 Å². The van der Waals surface area contributed by atoms with Gasteiger partial charge in [0.1, 0.15) is 0 Å². The van der Waals surface area contributed by atoms with E-state index in [9.17, 15) is 0 Å². The van der Waals surface area contributed by atoms with Crippen molar-refractivity contribution < 1.29 is 0 Å². The van der Waals surface area contributed by atoms with Gasteiger partial charge in [0, 0.05) is 0 Å². The number of aryl methyl sites for hydroxylation is 6. The van der Waals surface area contributed by atoms with Crippen LogP contribution in [0.1, 0.15) is 33.4 Å². The molecule has 0 saturated carbocycles. The minimum atomic E-state index is -1.87. The Hall–Kier alpha value is -1.80. The third kappa shape index (κ3) is 3.74. The van der Waals surface area contributed by atoms with E-state index in [2.05, 4.69) is 96.1 Å². The summed E-state index contributed by atoms with van der Waals surface area (Å²) in [6, 6.07) is 20.9. The predicted molar refractivity (Wildman–Crippen MR) is 112 cm³/mol. The summed E-state index contributed by atoms with van der Waals surface area (Å²) in [6.45, 7) is 13.5. The van der Waals surface area contributed by atoms with Crippen LogP contribution in [0.3, 0.4) is 0 Å². The van der Waals surface area contributed by atoms with Crippen LogP contribution in [0.4, 0.5) is 0 Å². The van der Waals surface area contributed by atoms with Crippen LogP contribution >= 0.6 is 0 Å². The first-order chi connectivity index (χ1) is 11.9. The number of rotatable bonds is 3. The van der Waals surface area contributed by atoms with Gasteiger partial charge < -0.3 is 0 Å². The van der Waals surface area contributed by atoms with Gasteiger partial charge in [0.15, 0.2) is 0 Å². The summed E-state index contributed by atoms with van der Waals surface area (Å²) < 4.78 is 4.76. The average Bonchev–Trinajstić information content (AvgIpc) is 2.57. The SMILES string of the molecule is Cc1ccc(C)[c]([Ge]([c]2cc(C)ccc2C)[c]2cc(C)ccc2C)c1. The molecule has 25 heavy (non-hydrogen) atoms. The Morgan fingerprint density at radius 2 is 0.720 bits per heavy atom. The van der Waals surface area contributed by atoms with Gasteiger partial charge in [-0.25, -0.2) is 0 Å². The van der Waals surface area contributed by atoms with Crippen molar-refractivity contribution in [1.82, 2.24) is 0 Å². The van der Waals surface area contributed by atoms with E-state index in [1.807, 2.05) is 0 Å². The molecule has 0 aliphatic carbocycles. The van der Waals surface area contributed by atoms with Crippen LogP contribution in [-0.4, -0.2) is 14.3 Å². The molecule has 3 aromatic rings. The fraction of sp³-hybridized carbons (Fsp3) is 0.250. The summed E-state index contributed by atoms with van der Waals surface area (Å²) >= 11 is -1.87. The summed E-state index contributed by atoms with van der Waals surface area (Å²) in [7, 11) is 0. The van der Waals surface area contributed by atoms with Gasteiger partial charge in [0.2, 0.25) is 0 Å². The fourth-order valence-electron chi connectivity index (χ4n) is 3.45. The Morgan fingerprint density at radius 1 is 0.440 bits per heavy atom. The van der Waals surface area contributed by atoms with Crippen molar-refractivity contribution in [2.75, 3.05) is 0 Å². The monoisotopic (exact) mass is 389 g/mol. The van der Waals surface area contributed by atoms with Gasteiger partial charge in [-0.3, -0.25) is 0 Å². The van der Waals surface area contributed by atoms with Gasteiger partial charge >= 0.3 is 157 Å². The molecule has 0 spiro atoms. The first-order valence-electron chi connectivity index (χ1n) is 8.96. The number of benzene rings is 3. The van der Waals surface area contributed by atoms with Crippen LogP contribution in [0.2, 0.25) is 0 Å². The van der Waals surface area contributed by atoms with E-state index >= 15 is 0 Å². The Kier molecular flexibility index (Phi) is 5.19. The molecule has 0 atom stereocenters. The molecule has 127 valence electrons. The van der Waals surface area contributed by atoms with Gasteiger partial charge in [-0.2, -0.15) is 0 Å². The van der Waals surface area contributed by atoms with Gasteiger partial charge in [-0.1, -0.05) is 0 Å². The third-order valence-corrected chi connectivity index (χ3v) is 11.8. The van der Waals surface area contributed by atoms with Crippen LogP contribution in [0, 0.1) is 41.5 Å². The Labute approximate surface area is 157 Å². The van der Waals surface area contributed by atoms with Crippen LogP contribution in [-0.2, 0) is 0 Å². The van der Waals surface area contributed by atoms with Crippen molar-refractivity contribution in [2.45, 2.75) is 41.5 Å². The topological polar surface area (TPSA) is 0 Å². The zero-order valence-corrected chi connectivity index (χ0v) is 18.3. The predicted octanol–water partition coefficient (Wildman–Crippen LogP) is 4.05. The first-order valence-corrected chi connectivity index (χ1v) is 12.1. The molecular weight excluding hydrogens is 361 g/mol. The Morgan fingerprint density at radius 3 is 1.00 bits per heavy atom. The van der Waals surface area contributed by atoms with Crippen molar-refractivity contribution >= 4 is 27.5 Å². The molecule has 1 heteroatoms. The van der Waals surface area contributed by atoms with Gasteiger partial charge in [-0.05, 0) is 0 Å². The molecule has 0 aliphatic heterocycles. The molecular formula is C24H27Ge. The van der Waals surface area contributed by atoms with E-state index in [1.54, 1.807) is 13.2 Å². The zero-order valence-electron chi connectivity index (χ0n) is 16.2. The standard InChI is InChI=1S/C24H27Ge/c1-16-7-10-19(4)22(13-16)25(23-14-17(2)8-11-20(23)5)24-15-18(3)9-12-21(24)6/h7-15H,1-6H3. The van der Waals surface area contributed by atoms with Gasteiger partial charge in [-0.15, -0.1) is 0 Å². The van der Waals surface area contributed by atoms with Crippen LogP contribution in [0.25, 0.3) is 0 Å². The van der Waals surface area contributed by atoms with E-state index in [1.165, 1.54) is 33.4 Å². The Balaban J connectivity index is 2.34. The summed E-state index contributed by atoms with van der Waals surface area (Å²) in [5, 5.41) is 0. The fourth-order valence-corrected chi connectivity index (χ4v) is 10.6. The minimum absolute atomic E-state index is 1.36. The second kappa shape index (κ2) is 7.21.